The first-order valence-corrected chi connectivity index (χ1v) is 18.0. The monoisotopic (exact) mass is 654 g/mol. The molecule has 2 aromatic carbocycles. The minimum atomic E-state index is -3.06. The van der Waals surface area contributed by atoms with Crippen LogP contribution in [0.25, 0.3) is 21.7 Å². The molecule has 3 rings (SSSR count). The molecule has 1 aromatic heterocycles. The fraction of sp³-hybridized carbons (Fsp3) is 0.464. The van der Waals surface area contributed by atoms with Gasteiger partial charge in [-0.3, -0.25) is 15.4 Å². The van der Waals surface area contributed by atoms with Crippen LogP contribution in [0.2, 0.25) is 0 Å². The van der Waals surface area contributed by atoms with Crippen LogP contribution in [0.1, 0.15) is 30.3 Å². The number of nitrogens with one attached hydrogen (secondary N) is 4. The number of hydrogen-bond donors (Lipinski definition) is 4. The normalized spacial score (nSPS) is 11.9. The SMILES string of the molecule is CC(=O)c1cc2c(NC(=O)OCCCNCCS(C)(=O)=O)c3ccccc3c(NC(=O)OCCCNCCS(C)(=O)=O)c2o1. The van der Waals surface area contributed by atoms with E-state index in [0.29, 0.717) is 60.9 Å². The Kier molecular flexibility index (Phi) is 12.5. The van der Waals surface area contributed by atoms with E-state index in [1.807, 2.05) is 0 Å². The zero-order valence-electron chi connectivity index (χ0n) is 24.9. The molecule has 1 heterocycles. The minimum Gasteiger partial charge on any atom is -0.451 e. The van der Waals surface area contributed by atoms with Crippen molar-refractivity contribution in [2.45, 2.75) is 19.8 Å². The van der Waals surface area contributed by atoms with Crippen molar-refractivity contribution >= 4 is 70.8 Å². The molecule has 44 heavy (non-hydrogen) atoms. The molecule has 0 aliphatic heterocycles. The number of carbonyl (C=O) groups is 3. The van der Waals surface area contributed by atoms with Crippen LogP contribution in [0.4, 0.5) is 21.0 Å². The molecule has 0 saturated heterocycles. The maximum atomic E-state index is 12.7. The number of ether oxygens (including phenoxy) is 2. The second-order valence-electron chi connectivity index (χ2n) is 10.2. The minimum absolute atomic E-state index is 0.0118. The first kappa shape index (κ1) is 34.8. The third-order valence-corrected chi connectivity index (χ3v) is 8.15. The van der Waals surface area contributed by atoms with Gasteiger partial charge in [-0.25, -0.2) is 26.4 Å². The summed E-state index contributed by atoms with van der Waals surface area (Å²) in [6.45, 7) is 2.96. The van der Waals surface area contributed by atoms with Crippen molar-refractivity contribution in [3.05, 3.63) is 36.1 Å². The molecule has 0 bridgehead atoms. The summed E-state index contributed by atoms with van der Waals surface area (Å²) >= 11 is 0. The Morgan fingerprint density at radius 3 is 1.68 bits per heavy atom. The molecule has 3 aromatic rings. The maximum absolute atomic E-state index is 12.7. The second-order valence-corrected chi connectivity index (χ2v) is 14.7. The lowest BCUT2D eigenvalue weighted by Crippen LogP contribution is -2.25. The largest absolute Gasteiger partial charge is 0.451 e. The Balaban J connectivity index is 1.70. The van der Waals surface area contributed by atoms with Crippen LogP contribution in [0, 0.1) is 0 Å². The molecule has 242 valence electrons. The molecular weight excluding hydrogens is 616 g/mol. The summed E-state index contributed by atoms with van der Waals surface area (Å²) in [5, 5.41) is 12.8. The molecule has 0 spiro atoms. The average Bonchev–Trinajstić information content (AvgIpc) is 3.38. The second kappa shape index (κ2) is 15.8. The number of Topliss-reactive ketones (excluding diaryl/α,β-unsaturated/α-hetero) is 1. The van der Waals surface area contributed by atoms with Crippen LogP contribution >= 0.6 is 0 Å². The van der Waals surface area contributed by atoms with Gasteiger partial charge in [-0.2, -0.15) is 0 Å². The van der Waals surface area contributed by atoms with Gasteiger partial charge in [0, 0.05) is 48.7 Å². The highest BCUT2D eigenvalue weighted by Crippen LogP contribution is 2.41. The number of amides is 2. The molecule has 0 aliphatic rings. The average molecular weight is 655 g/mol. The summed E-state index contributed by atoms with van der Waals surface area (Å²) in [5.41, 5.74) is 0.722. The van der Waals surface area contributed by atoms with Gasteiger partial charge in [0.1, 0.15) is 19.7 Å². The Bertz CT molecular complexity index is 1590. The number of carbonyl (C=O) groups excluding carboxylic acids is 3. The maximum Gasteiger partial charge on any atom is 0.411 e. The van der Waals surface area contributed by atoms with E-state index in [2.05, 4.69) is 21.3 Å². The van der Waals surface area contributed by atoms with Gasteiger partial charge >= 0.3 is 12.2 Å². The van der Waals surface area contributed by atoms with E-state index in [0.717, 1.165) is 12.5 Å². The van der Waals surface area contributed by atoms with Gasteiger partial charge in [0.15, 0.2) is 17.1 Å². The number of anilines is 2. The highest BCUT2D eigenvalue weighted by Gasteiger charge is 2.23. The van der Waals surface area contributed by atoms with Crippen molar-refractivity contribution in [2.75, 3.05) is 74.0 Å². The summed E-state index contributed by atoms with van der Waals surface area (Å²) < 4.78 is 61.2. The molecule has 0 radical (unpaired) electrons. The molecule has 0 saturated carbocycles. The summed E-state index contributed by atoms with van der Waals surface area (Å²) in [6.07, 6.45) is 1.71. The highest BCUT2D eigenvalue weighted by atomic mass is 32.2. The van der Waals surface area contributed by atoms with Crippen molar-refractivity contribution in [2.24, 2.45) is 0 Å². The van der Waals surface area contributed by atoms with Crippen LogP contribution in [0.5, 0.6) is 0 Å². The molecule has 4 N–H and O–H groups in total. The predicted molar refractivity (Wildman–Crippen MR) is 168 cm³/mol. The van der Waals surface area contributed by atoms with E-state index < -0.39 is 31.9 Å². The number of ketones is 1. The van der Waals surface area contributed by atoms with Crippen LogP contribution in [0.3, 0.4) is 0 Å². The Labute approximate surface area is 256 Å². The number of benzene rings is 2. The molecule has 2 amide bonds. The third kappa shape index (κ3) is 11.1. The summed E-state index contributed by atoms with van der Waals surface area (Å²) in [5.74, 6) is -0.320. The molecular formula is C28H38N4O10S2. The summed E-state index contributed by atoms with van der Waals surface area (Å²) in [4.78, 5) is 37.6. The van der Waals surface area contributed by atoms with E-state index in [9.17, 15) is 31.2 Å². The molecule has 16 heteroatoms. The number of rotatable bonds is 17. The standard InChI is InChI=1S/C28H38N4O10S2/c1-19(33)23-18-22-24(31-27(34)40-14-6-10-29-12-16-43(2,36)37)20-8-4-5-9-21(20)25(26(22)42-23)32-28(35)41-15-7-11-30-13-17-44(3,38)39/h4-5,8-9,18,29-30H,6-7,10-17H2,1-3H3,(H,31,34)(H,32,35). The van der Waals surface area contributed by atoms with Crippen molar-refractivity contribution in [1.29, 1.82) is 0 Å². The topological polar surface area (TPSA) is 199 Å². The van der Waals surface area contributed by atoms with Crippen LogP contribution in [-0.4, -0.2) is 98.2 Å². The highest BCUT2D eigenvalue weighted by molar-refractivity contribution is 7.90. The number of hydrogen-bond acceptors (Lipinski definition) is 12. The fourth-order valence-electron chi connectivity index (χ4n) is 4.15. The molecule has 14 nitrogen and oxygen atoms in total. The Hall–Kier alpha value is -3.73. The Morgan fingerprint density at radius 1 is 0.727 bits per heavy atom. The van der Waals surface area contributed by atoms with Gasteiger partial charge in [0.05, 0.1) is 36.1 Å². The number of fused-ring (bicyclic) bond motifs is 2. The zero-order valence-corrected chi connectivity index (χ0v) is 26.5. The van der Waals surface area contributed by atoms with E-state index in [1.54, 1.807) is 24.3 Å². The first-order valence-electron chi connectivity index (χ1n) is 13.9. The van der Waals surface area contributed by atoms with E-state index >= 15 is 0 Å². The van der Waals surface area contributed by atoms with Crippen molar-refractivity contribution in [3.63, 3.8) is 0 Å². The van der Waals surface area contributed by atoms with Gasteiger partial charge in [-0.05, 0) is 32.0 Å². The quantitative estimate of drug-likeness (QED) is 0.0944. The molecule has 0 fully saturated rings. The van der Waals surface area contributed by atoms with E-state index in [1.165, 1.54) is 13.0 Å². The molecule has 0 unspecified atom stereocenters. The lowest BCUT2D eigenvalue weighted by atomic mass is 10.0. The van der Waals surface area contributed by atoms with Crippen LogP contribution in [-0.2, 0) is 29.1 Å². The summed E-state index contributed by atoms with van der Waals surface area (Å²) in [6, 6.07) is 8.41. The lowest BCUT2D eigenvalue weighted by molar-refractivity contribution is 0.0989. The first-order chi connectivity index (χ1) is 20.7. The summed E-state index contributed by atoms with van der Waals surface area (Å²) in [7, 11) is -6.12. The number of sulfone groups is 2. The van der Waals surface area contributed by atoms with Crippen molar-refractivity contribution < 1.29 is 45.1 Å². The van der Waals surface area contributed by atoms with Gasteiger partial charge in [-0.15, -0.1) is 0 Å². The van der Waals surface area contributed by atoms with Gasteiger partial charge in [-0.1, -0.05) is 24.3 Å². The zero-order chi connectivity index (χ0) is 32.3. The van der Waals surface area contributed by atoms with Gasteiger partial charge < -0.3 is 24.5 Å². The fourth-order valence-corrected chi connectivity index (χ4v) is 5.18. The van der Waals surface area contributed by atoms with E-state index in [4.69, 9.17) is 13.9 Å². The Morgan fingerprint density at radius 2 is 1.20 bits per heavy atom. The lowest BCUT2D eigenvalue weighted by Gasteiger charge is -2.15. The van der Waals surface area contributed by atoms with Crippen LogP contribution in [0.15, 0.2) is 34.7 Å². The molecule has 0 aliphatic carbocycles. The van der Waals surface area contributed by atoms with Gasteiger partial charge in [0.25, 0.3) is 0 Å². The van der Waals surface area contributed by atoms with Crippen molar-refractivity contribution in [1.82, 2.24) is 10.6 Å². The smallest absolute Gasteiger partial charge is 0.411 e. The third-order valence-electron chi connectivity index (χ3n) is 6.26. The molecule has 0 atom stereocenters. The van der Waals surface area contributed by atoms with E-state index in [-0.39, 0.29) is 47.5 Å². The van der Waals surface area contributed by atoms with Crippen LogP contribution < -0.4 is 21.3 Å². The predicted octanol–water partition coefficient (Wildman–Crippen LogP) is 2.93. The van der Waals surface area contributed by atoms with Gasteiger partial charge in [0.2, 0.25) is 0 Å². The number of furan rings is 1. The van der Waals surface area contributed by atoms with Crippen molar-refractivity contribution in [3.8, 4) is 0 Å².